The number of aromatic nitrogens is 2. The third-order valence-corrected chi connectivity index (χ3v) is 5.39. The second-order valence-electron chi connectivity index (χ2n) is 7.31. The molecule has 0 saturated carbocycles. The summed E-state index contributed by atoms with van der Waals surface area (Å²) in [6.07, 6.45) is 3.17. The van der Waals surface area contributed by atoms with Crippen LogP contribution in [-0.2, 0) is 17.9 Å². The molecular formula is C25H28ClN3O3. The van der Waals surface area contributed by atoms with Gasteiger partial charge < -0.3 is 14.8 Å². The highest BCUT2D eigenvalue weighted by atomic mass is 35.5. The van der Waals surface area contributed by atoms with Gasteiger partial charge in [-0.05, 0) is 50.1 Å². The van der Waals surface area contributed by atoms with Crippen molar-refractivity contribution in [3.05, 3.63) is 81.6 Å². The van der Waals surface area contributed by atoms with Crippen LogP contribution in [0.2, 0.25) is 5.02 Å². The fourth-order valence-electron chi connectivity index (χ4n) is 3.43. The monoisotopic (exact) mass is 453 g/mol. The first-order chi connectivity index (χ1) is 15.4. The highest BCUT2D eigenvalue weighted by Crippen LogP contribution is 2.36. The van der Waals surface area contributed by atoms with Crippen LogP contribution in [0.3, 0.4) is 0 Å². The molecule has 0 unspecified atom stereocenters. The number of methoxy groups -OCH3 is 1. The quantitative estimate of drug-likeness (QED) is 0.466. The summed E-state index contributed by atoms with van der Waals surface area (Å²) in [4.78, 5) is 12.4. The molecule has 0 aliphatic heterocycles. The summed E-state index contributed by atoms with van der Waals surface area (Å²) in [5, 5.41) is 8.00. The Morgan fingerprint density at radius 1 is 1.22 bits per heavy atom. The van der Waals surface area contributed by atoms with E-state index in [1.807, 2.05) is 43.7 Å². The number of ether oxygens (including phenoxy) is 2. The number of nitrogens with zero attached hydrogens (tertiary/aromatic N) is 2. The van der Waals surface area contributed by atoms with E-state index in [1.165, 1.54) is 11.6 Å². The number of aryl methyl sites for hydroxylation is 1. The molecule has 0 spiro atoms. The maximum Gasteiger partial charge on any atom is 0.244 e. The number of hydrogen-bond acceptors (Lipinski definition) is 4. The van der Waals surface area contributed by atoms with Gasteiger partial charge in [0.05, 0.1) is 31.0 Å². The van der Waals surface area contributed by atoms with Crippen LogP contribution in [0.5, 0.6) is 11.5 Å². The smallest absolute Gasteiger partial charge is 0.244 e. The van der Waals surface area contributed by atoms with Crippen LogP contribution < -0.4 is 14.8 Å². The summed E-state index contributed by atoms with van der Waals surface area (Å²) < 4.78 is 12.8. The summed E-state index contributed by atoms with van der Waals surface area (Å²) in [5.41, 5.74) is 4.90. The van der Waals surface area contributed by atoms with E-state index in [2.05, 4.69) is 22.5 Å². The van der Waals surface area contributed by atoms with Gasteiger partial charge in [-0.3, -0.25) is 9.48 Å². The molecule has 0 atom stereocenters. The zero-order valence-corrected chi connectivity index (χ0v) is 19.6. The van der Waals surface area contributed by atoms with Crippen molar-refractivity contribution in [2.45, 2.75) is 33.9 Å². The van der Waals surface area contributed by atoms with Crippen molar-refractivity contribution in [3.63, 3.8) is 0 Å². The number of benzene rings is 2. The number of nitrogens with one attached hydrogen (secondary N) is 1. The third-order valence-electron chi connectivity index (χ3n) is 5.11. The lowest BCUT2D eigenvalue weighted by atomic mass is 10.1. The molecular weight excluding hydrogens is 426 g/mol. The first kappa shape index (κ1) is 23.4. The first-order valence-electron chi connectivity index (χ1n) is 10.5. The van der Waals surface area contributed by atoms with Gasteiger partial charge in [-0.25, -0.2) is 0 Å². The highest BCUT2D eigenvalue weighted by Gasteiger charge is 2.13. The van der Waals surface area contributed by atoms with Gasteiger partial charge in [-0.15, -0.1) is 0 Å². The maximum absolute atomic E-state index is 12.4. The van der Waals surface area contributed by atoms with E-state index in [4.69, 9.17) is 21.1 Å². The molecule has 7 heteroatoms. The first-order valence-corrected chi connectivity index (χ1v) is 10.8. The van der Waals surface area contributed by atoms with Crippen molar-refractivity contribution < 1.29 is 14.3 Å². The lowest BCUT2D eigenvalue weighted by Gasteiger charge is -2.11. The predicted molar refractivity (Wildman–Crippen MR) is 127 cm³/mol. The molecule has 1 heterocycles. The molecule has 168 valence electrons. The standard InChI is InChI=1S/C25H28ClN3O3/c1-5-32-25-22(26)13-20(14-23(25)31-4)11-12-24(30)27-15-21-17(2)28-29(18(21)3)16-19-9-7-6-8-10-19/h6-14H,5,15-16H2,1-4H3,(H,27,30)/b12-11+. The summed E-state index contributed by atoms with van der Waals surface area (Å²) >= 11 is 6.30. The molecule has 0 radical (unpaired) electrons. The van der Waals surface area contributed by atoms with E-state index in [-0.39, 0.29) is 5.91 Å². The van der Waals surface area contributed by atoms with Crippen LogP contribution in [0.25, 0.3) is 6.08 Å². The Hall–Kier alpha value is -3.25. The van der Waals surface area contributed by atoms with Gasteiger partial charge in [0.25, 0.3) is 0 Å². The lowest BCUT2D eigenvalue weighted by molar-refractivity contribution is -0.116. The summed E-state index contributed by atoms with van der Waals surface area (Å²) in [5.74, 6) is 0.816. The van der Waals surface area contributed by atoms with E-state index in [9.17, 15) is 4.79 Å². The minimum Gasteiger partial charge on any atom is -0.493 e. The molecule has 6 nitrogen and oxygen atoms in total. The number of hydrogen-bond donors (Lipinski definition) is 1. The number of carbonyl (C=O) groups excluding carboxylic acids is 1. The molecule has 0 bridgehead atoms. The van der Waals surface area contributed by atoms with Crippen LogP contribution in [0.15, 0.2) is 48.5 Å². The maximum atomic E-state index is 12.4. The minimum absolute atomic E-state index is 0.205. The van der Waals surface area contributed by atoms with Crippen molar-refractivity contribution in [3.8, 4) is 11.5 Å². The van der Waals surface area contributed by atoms with Crippen LogP contribution in [0.1, 0.15) is 35.0 Å². The van der Waals surface area contributed by atoms with Gasteiger partial charge in [0.1, 0.15) is 0 Å². The second kappa shape index (κ2) is 10.9. The zero-order chi connectivity index (χ0) is 23.1. The topological polar surface area (TPSA) is 65.4 Å². The van der Waals surface area contributed by atoms with E-state index >= 15 is 0 Å². The van der Waals surface area contributed by atoms with Crippen molar-refractivity contribution >= 4 is 23.6 Å². The van der Waals surface area contributed by atoms with E-state index in [0.717, 1.165) is 22.5 Å². The van der Waals surface area contributed by atoms with E-state index < -0.39 is 0 Å². The number of halogens is 1. The molecule has 1 N–H and O–H groups in total. The van der Waals surface area contributed by atoms with E-state index in [0.29, 0.717) is 36.2 Å². The highest BCUT2D eigenvalue weighted by molar-refractivity contribution is 6.32. The fourth-order valence-corrected chi connectivity index (χ4v) is 3.70. The largest absolute Gasteiger partial charge is 0.493 e. The van der Waals surface area contributed by atoms with E-state index in [1.54, 1.807) is 25.3 Å². The molecule has 2 aromatic carbocycles. The zero-order valence-electron chi connectivity index (χ0n) is 18.8. The molecule has 0 saturated heterocycles. The van der Waals surface area contributed by atoms with Gasteiger partial charge in [-0.2, -0.15) is 5.10 Å². The lowest BCUT2D eigenvalue weighted by Crippen LogP contribution is -2.21. The Morgan fingerprint density at radius 3 is 2.66 bits per heavy atom. The second-order valence-corrected chi connectivity index (χ2v) is 7.72. The minimum atomic E-state index is -0.205. The Kier molecular flexibility index (Phi) is 7.95. The Labute approximate surface area is 193 Å². The SMILES string of the molecule is CCOc1c(Cl)cc(/C=C/C(=O)NCc2c(C)nn(Cc3ccccc3)c2C)cc1OC. The molecule has 3 rings (SSSR count). The summed E-state index contributed by atoms with van der Waals surface area (Å²) in [6, 6.07) is 13.7. The van der Waals surface area contributed by atoms with Gasteiger partial charge >= 0.3 is 0 Å². The summed E-state index contributed by atoms with van der Waals surface area (Å²) in [7, 11) is 1.55. The third kappa shape index (κ3) is 5.71. The van der Waals surface area contributed by atoms with Crippen LogP contribution in [0, 0.1) is 13.8 Å². The van der Waals surface area contributed by atoms with Crippen molar-refractivity contribution in [1.82, 2.24) is 15.1 Å². The van der Waals surface area contributed by atoms with Crippen molar-refractivity contribution in [2.75, 3.05) is 13.7 Å². The molecule has 0 aliphatic carbocycles. The average molecular weight is 454 g/mol. The fraction of sp³-hybridized carbons (Fsp3) is 0.280. The van der Waals surface area contributed by atoms with Gasteiger partial charge in [0, 0.05) is 23.9 Å². The Morgan fingerprint density at radius 2 is 1.97 bits per heavy atom. The molecule has 0 fully saturated rings. The molecule has 1 aromatic heterocycles. The molecule has 1 amide bonds. The Bertz CT molecular complexity index is 1110. The van der Waals surface area contributed by atoms with Gasteiger partial charge in [-0.1, -0.05) is 41.9 Å². The average Bonchev–Trinajstić information content (AvgIpc) is 3.05. The van der Waals surface area contributed by atoms with Crippen molar-refractivity contribution in [1.29, 1.82) is 0 Å². The van der Waals surface area contributed by atoms with Gasteiger partial charge in [0.15, 0.2) is 11.5 Å². The van der Waals surface area contributed by atoms with Crippen molar-refractivity contribution in [2.24, 2.45) is 0 Å². The number of carbonyl (C=O) groups is 1. The molecule has 32 heavy (non-hydrogen) atoms. The molecule has 3 aromatic rings. The summed E-state index contributed by atoms with van der Waals surface area (Å²) in [6.45, 7) is 7.44. The molecule has 0 aliphatic rings. The number of amides is 1. The number of rotatable bonds is 9. The normalized spacial score (nSPS) is 11.0. The van der Waals surface area contributed by atoms with Gasteiger partial charge in [0.2, 0.25) is 5.91 Å². The van der Waals surface area contributed by atoms with Crippen LogP contribution >= 0.6 is 11.6 Å². The van der Waals surface area contributed by atoms with Crippen LogP contribution in [0.4, 0.5) is 0 Å². The predicted octanol–water partition coefficient (Wildman–Crippen LogP) is 4.94. The van der Waals surface area contributed by atoms with Crippen LogP contribution in [-0.4, -0.2) is 29.4 Å². The Balaban J connectivity index is 1.65.